The van der Waals surface area contributed by atoms with Gasteiger partial charge in [-0.15, -0.1) is 5.01 Å². The summed E-state index contributed by atoms with van der Waals surface area (Å²) in [4.78, 5) is 24.8. The highest BCUT2D eigenvalue weighted by Crippen LogP contribution is 2.33. The second-order valence-corrected chi connectivity index (χ2v) is 6.71. The van der Waals surface area contributed by atoms with E-state index >= 15 is 0 Å². The molecule has 1 saturated heterocycles. The third-order valence-corrected chi connectivity index (χ3v) is 4.82. The lowest BCUT2D eigenvalue weighted by Crippen LogP contribution is -2.48. The van der Waals surface area contributed by atoms with Crippen molar-refractivity contribution in [2.45, 2.75) is 57.4 Å². The van der Waals surface area contributed by atoms with Gasteiger partial charge in [0.15, 0.2) is 0 Å². The maximum atomic E-state index is 12.6. The minimum Gasteiger partial charge on any atom is -0.494 e. The second-order valence-electron chi connectivity index (χ2n) is 6.71. The van der Waals surface area contributed by atoms with E-state index in [1.165, 1.54) is 6.21 Å². The summed E-state index contributed by atoms with van der Waals surface area (Å²) in [5, 5.41) is 7.93. The number of ether oxygens (including phenoxy) is 1. The Morgan fingerprint density at radius 2 is 1.92 bits per heavy atom. The van der Waals surface area contributed by atoms with Crippen LogP contribution in [0.5, 0.6) is 5.75 Å². The van der Waals surface area contributed by atoms with Crippen molar-refractivity contribution in [3.63, 3.8) is 0 Å². The molecule has 1 N–H and O–H groups in total. The number of hydrogen-bond donors (Lipinski definition) is 1. The normalized spacial score (nSPS) is 19.6. The lowest BCUT2D eigenvalue weighted by molar-refractivity contribution is -0.132. The zero-order valence-corrected chi connectivity index (χ0v) is 14.7. The summed E-state index contributed by atoms with van der Waals surface area (Å²) in [7, 11) is 0. The van der Waals surface area contributed by atoms with Crippen molar-refractivity contribution in [3.05, 3.63) is 29.8 Å². The molecule has 2 fully saturated rings. The number of hydrogen-bond acceptors (Lipinski definition) is 4. The maximum Gasteiger partial charge on any atom is 0.346 e. The molecule has 134 valence electrons. The molecule has 2 aliphatic rings. The number of carbonyl (C=O) groups is 2. The summed E-state index contributed by atoms with van der Waals surface area (Å²) in [5.74, 6) is 0.578. The minimum absolute atomic E-state index is 0.229. The molecule has 3 amide bonds. The van der Waals surface area contributed by atoms with Gasteiger partial charge in [0.1, 0.15) is 11.3 Å². The van der Waals surface area contributed by atoms with Crippen LogP contribution in [0.2, 0.25) is 0 Å². The lowest BCUT2D eigenvalue weighted by atomic mass is 9.82. The van der Waals surface area contributed by atoms with Gasteiger partial charge >= 0.3 is 6.03 Å². The van der Waals surface area contributed by atoms with Gasteiger partial charge in [-0.05, 0) is 49.1 Å². The molecule has 1 aromatic carbocycles. The first-order chi connectivity index (χ1) is 12.1. The molecule has 1 aromatic rings. The number of urea groups is 1. The van der Waals surface area contributed by atoms with Crippen LogP contribution in [0.3, 0.4) is 0 Å². The van der Waals surface area contributed by atoms with E-state index in [1.54, 1.807) is 0 Å². The Morgan fingerprint density at radius 3 is 2.60 bits per heavy atom. The molecule has 1 spiro atoms. The molecule has 1 heterocycles. The number of benzene rings is 1. The highest BCUT2D eigenvalue weighted by atomic mass is 16.5. The van der Waals surface area contributed by atoms with Gasteiger partial charge in [0, 0.05) is 0 Å². The smallest absolute Gasteiger partial charge is 0.346 e. The summed E-state index contributed by atoms with van der Waals surface area (Å²) in [6.07, 6.45) is 8.10. The number of nitrogens with zero attached hydrogens (tertiary/aromatic N) is 2. The molecule has 0 atom stereocenters. The Kier molecular flexibility index (Phi) is 5.36. The number of carbonyl (C=O) groups excluding carboxylic acids is 2. The fourth-order valence-corrected chi connectivity index (χ4v) is 3.31. The van der Waals surface area contributed by atoms with Gasteiger partial charge in [0.05, 0.1) is 12.8 Å². The Labute approximate surface area is 148 Å². The summed E-state index contributed by atoms with van der Waals surface area (Å²) < 4.78 is 5.62. The summed E-state index contributed by atoms with van der Waals surface area (Å²) in [6, 6.07) is 7.03. The van der Waals surface area contributed by atoms with Gasteiger partial charge in [0.25, 0.3) is 5.91 Å². The molecule has 1 aliphatic carbocycles. The van der Waals surface area contributed by atoms with Crippen molar-refractivity contribution in [3.8, 4) is 5.75 Å². The molecule has 6 heteroatoms. The van der Waals surface area contributed by atoms with E-state index in [1.807, 2.05) is 24.3 Å². The van der Waals surface area contributed by atoms with E-state index in [0.29, 0.717) is 19.4 Å². The monoisotopic (exact) mass is 343 g/mol. The van der Waals surface area contributed by atoms with Gasteiger partial charge in [-0.25, -0.2) is 4.79 Å². The largest absolute Gasteiger partial charge is 0.494 e. The van der Waals surface area contributed by atoms with Crippen LogP contribution >= 0.6 is 0 Å². The molecule has 0 radical (unpaired) electrons. The highest BCUT2D eigenvalue weighted by Gasteiger charge is 2.51. The summed E-state index contributed by atoms with van der Waals surface area (Å²) in [6.45, 7) is 2.82. The molecule has 0 unspecified atom stereocenters. The van der Waals surface area contributed by atoms with Crippen molar-refractivity contribution in [1.82, 2.24) is 10.3 Å². The lowest BCUT2D eigenvalue weighted by Gasteiger charge is -2.29. The van der Waals surface area contributed by atoms with Crippen LogP contribution in [0.4, 0.5) is 4.79 Å². The summed E-state index contributed by atoms with van der Waals surface area (Å²) in [5.41, 5.74) is 0.0805. The molecule has 1 saturated carbocycles. The first kappa shape index (κ1) is 17.5. The maximum absolute atomic E-state index is 12.6. The Hall–Kier alpha value is -2.37. The zero-order valence-electron chi connectivity index (χ0n) is 14.7. The average molecular weight is 343 g/mol. The number of unbranched alkanes of at least 4 members (excludes halogenated alkanes) is 1. The molecule has 1 aliphatic heterocycles. The van der Waals surface area contributed by atoms with Crippen molar-refractivity contribution < 1.29 is 14.3 Å². The quantitative estimate of drug-likeness (QED) is 0.488. The van der Waals surface area contributed by atoms with E-state index in [-0.39, 0.29) is 5.91 Å². The number of hydrazone groups is 1. The van der Waals surface area contributed by atoms with Crippen molar-refractivity contribution in [1.29, 1.82) is 0 Å². The number of rotatable bonds is 6. The third kappa shape index (κ3) is 3.83. The molecule has 0 bridgehead atoms. The van der Waals surface area contributed by atoms with Crippen LogP contribution in [0.1, 0.15) is 57.4 Å². The van der Waals surface area contributed by atoms with Crippen molar-refractivity contribution >= 4 is 18.2 Å². The minimum atomic E-state index is -0.732. The van der Waals surface area contributed by atoms with Gasteiger partial charge in [-0.1, -0.05) is 32.6 Å². The molecular weight excluding hydrogens is 318 g/mol. The predicted molar refractivity (Wildman–Crippen MR) is 95.6 cm³/mol. The Morgan fingerprint density at radius 1 is 1.20 bits per heavy atom. The van der Waals surface area contributed by atoms with E-state index < -0.39 is 11.6 Å². The third-order valence-electron chi connectivity index (χ3n) is 4.82. The topological polar surface area (TPSA) is 71.0 Å². The Balaban J connectivity index is 1.63. The van der Waals surface area contributed by atoms with Crippen molar-refractivity contribution in [2.24, 2.45) is 5.10 Å². The van der Waals surface area contributed by atoms with E-state index in [4.69, 9.17) is 4.74 Å². The fourth-order valence-electron chi connectivity index (χ4n) is 3.31. The molecule has 0 aromatic heterocycles. The standard InChI is InChI=1S/C19H25N3O3/c1-2-3-13-25-16-9-7-15(8-10-16)14-20-22-17(23)19(21-18(22)24)11-5-4-6-12-19/h7-10,14H,2-6,11-13H2,1H3,(H,21,24)/b20-14-. The Bertz CT molecular complexity index is 648. The van der Waals surface area contributed by atoms with Gasteiger partial charge in [0.2, 0.25) is 0 Å². The molecule has 3 rings (SSSR count). The first-order valence-corrected chi connectivity index (χ1v) is 9.08. The average Bonchev–Trinajstić information content (AvgIpc) is 2.85. The first-order valence-electron chi connectivity index (χ1n) is 9.08. The van der Waals surface area contributed by atoms with Gasteiger partial charge < -0.3 is 10.1 Å². The van der Waals surface area contributed by atoms with Crippen LogP contribution in [0.25, 0.3) is 0 Å². The van der Waals surface area contributed by atoms with Gasteiger partial charge in [-0.3, -0.25) is 4.79 Å². The SMILES string of the molecule is CCCCOc1ccc(/C=N\N2C(=O)NC3(CCCCC3)C2=O)cc1. The van der Waals surface area contributed by atoms with Crippen LogP contribution in [-0.2, 0) is 4.79 Å². The number of imide groups is 1. The van der Waals surface area contributed by atoms with Gasteiger partial charge in [-0.2, -0.15) is 5.10 Å². The predicted octanol–water partition coefficient (Wildman–Crippen LogP) is 3.45. The van der Waals surface area contributed by atoms with Crippen LogP contribution in [0, 0.1) is 0 Å². The van der Waals surface area contributed by atoms with Crippen molar-refractivity contribution in [2.75, 3.05) is 6.61 Å². The second kappa shape index (κ2) is 7.68. The molecule has 6 nitrogen and oxygen atoms in total. The van der Waals surface area contributed by atoms with E-state index in [2.05, 4.69) is 17.3 Å². The summed E-state index contributed by atoms with van der Waals surface area (Å²) >= 11 is 0. The fraction of sp³-hybridized carbons (Fsp3) is 0.526. The highest BCUT2D eigenvalue weighted by molar-refractivity contribution is 6.07. The van der Waals surface area contributed by atoms with Crippen LogP contribution < -0.4 is 10.1 Å². The molecular formula is C19H25N3O3. The van der Waals surface area contributed by atoms with E-state index in [0.717, 1.165) is 48.4 Å². The van der Waals surface area contributed by atoms with E-state index in [9.17, 15) is 9.59 Å². The zero-order chi connectivity index (χ0) is 17.7. The van der Waals surface area contributed by atoms with Crippen LogP contribution in [0.15, 0.2) is 29.4 Å². The number of amides is 3. The molecule has 25 heavy (non-hydrogen) atoms. The van der Waals surface area contributed by atoms with Crippen LogP contribution in [-0.4, -0.2) is 35.3 Å². The number of nitrogens with one attached hydrogen (secondary N) is 1.